The number of hydrogen-bond donors (Lipinski definition) is 6. The molecule has 0 aromatic rings. The van der Waals surface area contributed by atoms with Crippen LogP contribution in [0, 0.1) is 0 Å². The highest BCUT2D eigenvalue weighted by Gasteiger charge is 2.29. The number of rotatable bonds is 1. The van der Waals surface area contributed by atoms with E-state index in [1.807, 2.05) is 10.6 Å². The molecule has 0 radical (unpaired) electrons. The minimum atomic E-state index is -1.04. The Bertz CT molecular complexity index is 246. The maximum atomic E-state index is 10.7. The van der Waals surface area contributed by atoms with Crippen molar-refractivity contribution in [3.63, 3.8) is 0 Å². The summed E-state index contributed by atoms with van der Waals surface area (Å²) in [6, 6.07) is -1.51. The van der Waals surface area contributed by atoms with Crippen LogP contribution in [0.2, 0.25) is 0 Å². The number of halogens is 1. The van der Waals surface area contributed by atoms with Crippen LogP contribution in [-0.2, 0) is 4.79 Å². The fourth-order valence-corrected chi connectivity index (χ4v) is 0.661. The number of amides is 5. The highest BCUT2D eigenvalue weighted by atomic mass is 35.5. The number of nitrogens with one attached hydrogen (secondary N) is 4. The van der Waals surface area contributed by atoms with Crippen LogP contribution in [0.1, 0.15) is 0 Å². The van der Waals surface area contributed by atoms with Crippen LogP contribution in [0.3, 0.4) is 0 Å². The number of carbonyl (C=O) groups is 3. The van der Waals surface area contributed by atoms with Crippen molar-refractivity contribution in [2.45, 2.75) is 6.17 Å². The molecule has 1 rings (SSSR count). The van der Waals surface area contributed by atoms with Crippen LogP contribution in [0.15, 0.2) is 0 Å². The Labute approximate surface area is 83.0 Å². The Hall–Kier alpha value is -1.58. The highest BCUT2D eigenvalue weighted by Crippen LogP contribution is 1.86. The van der Waals surface area contributed by atoms with Gasteiger partial charge < -0.3 is 21.6 Å². The second kappa shape index (κ2) is 5.96. The minimum absolute atomic E-state index is 0.617. The molecule has 0 bridgehead atoms. The van der Waals surface area contributed by atoms with Crippen molar-refractivity contribution in [2.75, 3.05) is 0 Å². The molecule has 0 aromatic carbocycles. The number of urea groups is 2. The normalized spacial score (nSPS) is 18.9. The van der Waals surface area contributed by atoms with E-state index in [0.29, 0.717) is 0 Å². The van der Waals surface area contributed by atoms with Gasteiger partial charge in [-0.2, -0.15) is 0 Å². The topological polar surface area (TPSA) is 146 Å². The third-order valence-electron chi connectivity index (χ3n) is 1.06. The van der Waals surface area contributed by atoms with Gasteiger partial charge in [0.1, 0.15) is 0 Å². The lowest BCUT2D eigenvalue weighted by Gasteiger charge is -2.05. The molecule has 5 amide bonds. The molecule has 0 saturated carbocycles. The van der Waals surface area contributed by atoms with E-state index in [0.717, 1.165) is 0 Å². The summed E-state index contributed by atoms with van der Waals surface area (Å²) in [6.07, 6.45) is -1.04. The Morgan fingerprint density at radius 3 is 2.36 bits per heavy atom. The van der Waals surface area contributed by atoms with Gasteiger partial charge in [0.15, 0.2) is 6.17 Å². The van der Waals surface area contributed by atoms with Crippen molar-refractivity contribution in [3.05, 3.63) is 0 Å². The second-order valence-electron chi connectivity index (χ2n) is 1.99. The molecular weight excluding hydrogens is 218 g/mol. The van der Waals surface area contributed by atoms with E-state index in [2.05, 4.69) is 17.1 Å². The maximum absolute atomic E-state index is 10.7. The Morgan fingerprint density at radius 2 is 2.07 bits per heavy atom. The van der Waals surface area contributed by atoms with Crippen molar-refractivity contribution in [2.24, 2.45) is 5.73 Å². The van der Waals surface area contributed by atoms with Crippen LogP contribution in [0.5, 0.6) is 0 Å². The minimum Gasteiger partial charge on any atom is -0.352 e. The van der Waals surface area contributed by atoms with Crippen LogP contribution < -0.4 is 26.7 Å². The molecule has 1 unspecified atom stereocenters. The number of carbonyl (C=O) groups excluding carboxylic acids is 3. The molecule has 14 heavy (non-hydrogen) atoms. The predicted molar refractivity (Wildman–Crippen MR) is 44.0 cm³/mol. The first-order valence-corrected chi connectivity index (χ1v) is 3.56. The molecule has 7 N–H and O–H groups in total. The Morgan fingerprint density at radius 1 is 1.57 bits per heavy atom. The summed E-state index contributed by atoms with van der Waals surface area (Å²) >= 11 is 4.30. The first kappa shape index (κ1) is 12.4. The van der Waals surface area contributed by atoms with Gasteiger partial charge in [-0.25, -0.2) is 9.59 Å². The van der Waals surface area contributed by atoms with Gasteiger partial charge in [-0.3, -0.25) is 10.1 Å². The maximum Gasteiger partial charge on any atom is 0.323 e. The zero-order valence-electron chi connectivity index (χ0n) is 6.70. The van der Waals surface area contributed by atoms with E-state index < -0.39 is 24.1 Å². The standard InChI is InChI=1S/C4H6N4O3.ClH2NO/c5-3(10)6-1-2(9)8-4(11)7-1;1-2-3/h1H,(H3,5,6,10)(H2,7,8,9,11);2-3H. The first-order chi connectivity index (χ1) is 6.51. The van der Waals surface area contributed by atoms with Crippen molar-refractivity contribution in [3.8, 4) is 0 Å². The average molecular weight is 226 g/mol. The van der Waals surface area contributed by atoms with Gasteiger partial charge in [-0.1, -0.05) is 0 Å². The number of primary amides is 1. The van der Waals surface area contributed by atoms with Crippen LogP contribution in [0.4, 0.5) is 9.59 Å². The van der Waals surface area contributed by atoms with Crippen LogP contribution in [0.25, 0.3) is 0 Å². The zero-order chi connectivity index (χ0) is 11.1. The lowest BCUT2D eigenvalue weighted by Crippen LogP contribution is -2.48. The van der Waals surface area contributed by atoms with E-state index in [4.69, 9.17) is 10.9 Å². The highest BCUT2D eigenvalue weighted by molar-refractivity contribution is 6.12. The summed E-state index contributed by atoms with van der Waals surface area (Å²) in [6.45, 7) is 0. The summed E-state index contributed by atoms with van der Waals surface area (Å²) in [5.74, 6) is -0.617. The zero-order valence-corrected chi connectivity index (χ0v) is 7.46. The molecule has 1 aliphatic rings. The molecule has 0 aromatic heterocycles. The van der Waals surface area contributed by atoms with Gasteiger partial charge in [0.25, 0.3) is 5.91 Å². The molecule has 0 spiro atoms. The monoisotopic (exact) mass is 225 g/mol. The smallest absolute Gasteiger partial charge is 0.323 e. The lowest BCUT2D eigenvalue weighted by atomic mass is 10.5. The Balaban J connectivity index is 0.000000500. The van der Waals surface area contributed by atoms with Gasteiger partial charge in [-0.05, 0) is 0 Å². The fraction of sp³-hybridized carbons (Fsp3) is 0.250. The molecule has 1 heterocycles. The summed E-state index contributed by atoms with van der Waals surface area (Å²) in [5, 5.41) is 13.1. The molecule has 0 aliphatic carbocycles. The van der Waals surface area contributed by atoms with Gasteiger partial charge in [-0.15, -0.1) is 5.00 Å². The van der Waals surface area contributed by atoms with Crippen LogP contribution in [-0.4, -0.2) is 29.3 Å². The van der Waals surface area contributed by atoms with E-state index in [9.17, 15) is 14.4 Å². The molecule has 9 nitrogen and oxygen atoms in total. The van der Waals surface area contributed by atoms with Crippen molar-refractivity contribution in [1.29, 1.82) is 0 Å². The van der Waals surface area contributed by atoms with E-state index >= 15 is 0 Å². The molecule has 10 heteroatoms. The molecule has 1 aliphatic heterocycles. The van der Waals surface area contributed by atoms with Crippen molar-refractivity contribution >= 4 is 29.7 Å². The number of hydrogen-bond acceptors (Lipinski definition) is 5. The third-order valence-corrected chi connectivity index (χ3v) is 1.06. The predicted octanol–water partition coefficient (Wildman–Crippen LogP) is -2.06. The van der Waals surface area contributed by atoms with Crippen molar-refractivity contribution < 1.29 is 19.6 Å². The van der Waals surface area contributed by atoms with E-state index in [-0.39, 0.29) is 0 Å². The third kappa shape index (κ3) is 4.45. The largest absolute Gasteiger partial charge is 0.352 e. The van der Waals surface area contributed by atoms with Gasteiger partial charge in [0, 0.05) is 11.8 Å². The molecule has 1 fully saturated rings. The van der Waals surface area contributed by atoms with E-state index in [1.54, 1.807) is 0 Å². The molecule has 1 atom stereocenters. The molecular formula is C4H8ClN5O4. The quantitative estimate of drug-likeness (QED) is 0.173. The first-order valence-electron chi connectivity index (χ1n) is 3.18. The summed E-state index contributed by atoms with van der Waals surface area (Å²) in [7, 11) is 0. The fourth-order valence-electron chi connectivity index (χ4n) is 0.661. The average Bonchev–Trinajstić information content (AvgIpc) is 2.30. The van der Waals surface area contributed by atoms with Gasteiger partial charge >= 0.3 is 12.1 Å². The second-order valence-corrected chi connectivity index (χ2v) is 2.16. The van der Waals surface area contributed by atoms with E-state index in [1.165, 1.54) is 5.00 Å². The summed E-state index contributed by atoms with van der Waals surface area (Å²) in [5.41, 5.74) is 4.70. The van der Waals surface area contributed by atoms with Gasteiger partial charge in [0.05, 0.1) is 0 Å². The van der Waals surface area contributed by atoms with Crippen molar-refractivity contribution in [1.82, 2.24) is 20.9 Å². The SMILES string of the molecule is NC(=O)NC1NC(=O)NC1=O.ONCl. The Kier molecular flexibility index (Phi) is 5.29. The van der Waals surface area contributed by atoms with Gasteiger partial charge in [0.2, 0.25) is 0 Å². The lowest BCUT2D eigenvalue weighted by molar-refractivity contribution is -0.120. The molecule has 1 saturated heterocycles. The summed E-state index contributed by atoms with van der Waals surface area (Å²) < 4.78 is 0. The number of nitrogens with two attached hydrogens (primary N) is 1. The molecule has 80 valence electrons. The van der Waals surface area contributed by atoms with Crippen LogP contribution >= 0.6 is 11.8 Å². The number of imide groups is 1. The summed E-state index contributed by atoms with van der Waals surface area (Å²) in [4.78, 5) is 32.5.